The lowest BCUT2D eigenvalue weighted by Gasteiger charge is -2.32. The lowest BCUT2D eigenvalue weighted by atomic mass is 9.91. The smallest absolute Gasteiger partial charge is 0.308 e. The number of fused-ring (bicyclic) bond motifs is 1. The number of carbonyl (C=O) groups excluding carboxylic acids is 1. The number of rotatable bonds is 4. The largest absolute Gasteiger partial charge is 0.496 e. The average molecular weight is 295 g/mol. The average Bonchev–Trinajstić information content (AvgIpc) is 2.46. The van der Waals surface area contributed by atoms with E-state index in [1.54, 1.807) is 20.3 Å². The van der Waals surface area contributed by atoms with Crippen LogP contribution in [0.2, 0.25) is 0 Å². The number of esters is 1. The van der Waals surface area contributed by atoms with Gasteiger partial charge in [-0.1, -0.05) is 0 Å². The van der Waals surface area contributed by atoms with Gasteiger partial charge in [-0.25, -0.2) is 0 Å². The van der Waals surface area contributed by atoms with Crippen molar-refractivity contribution in [3.8, 4) is 11.5 Å². The minimum atomic E-state index is -0.294. The minimum Gasteiger partial charge on any atom is -0.496 e. The van der Waals surface area contributed by atoms with Crippen molar-refractivity contribution < 1.29 is 23.7 Å². The van der Waals surface area contributed by atoms with Gasteiger partial charge in [-0.05, 0) is 6.92 Å². The molecule has 0 radical (unpaired) electrons. The highest BCUT2D eigenvalue weighted by Crippen LogP contribution is 2.45. The van der Waals surface area contributed by atoms with E-state index in [-0.39, 0.29) is 24.6 Å². The number of hydrogen-bond acceptors (Lipinski definition) is 6. The summed E-state index contributed by atoms with van der Waals surface area (Å²) in [6, 6.07) is 1.74. The van der Waals surface area contributed by atoms with Crippen LogP contribution in [-0.4, -0.2) is 33.4 Å². The summed E-state index contributed by atoms with van der Waals surface area (Å²) in [4.78, 5) is 11.5. The van der Waals surface area contributed by atoms with E-state index >= 15 is 0 Å². The molecule has 116 valence electrons. The summed E-state index contributed by atoms with van der Waals surface area (Å²) in [5.41, 5.74) is 8.36. The molecule has 0 spiro atoms. The molecule has 0 fully saturated rings. The Hall–Kier alpha value is -1.95. The minimum absolute atomic E-state index is 0.204. The Balaban J connectivity index is 2.42. The van der Waals surface area contributed by atoms with Crippen LogP contribution >= 0.6 is 0 Å². The predicted molar refractivity (Wildman–Crippen MR) is 77.6 cm³/mol. The van der Waals surface area contributed by atoms with E-state index in [0.717, 1.165) is 11.1 Å². The second-order valence-corrected chi connectivity index (χ2v) is 4.98. The molecule has 0 unspecified atom stereocenters. The van der Waals surface area contributed by atoms with E-state index in [1.165, 1.54) is 7.11 Å². The number of anilines is 1. The standard InChI is InChI=1S/C15H21NO5/c1-8-14-10(5-9(21-8)6-13(17)19-3)12(18-2)7-11(16)15(14)20-4/h7-9H,5-6,16H2,1-4H3/t8-,9-/m0/s1. The molecule has 0 aromatic heterocycles. The van der Waals surface area contributed by atoms with Gasteiger partial charge in [0.15, 0.2) is 0 Å². The molecule has 2 atom stereocenters. The molecule has 1 aliphatic rings. The molecule has 1 aromatic rings. The van der Waals surface area contributed by atoms with Gasteiger partial charge in [0, 0.05) is 23.6 Å². The number of carbonyl (C=O) groups is 1. The van der Waals surface area contributed by atoms with Crippen LogP contribution in [0.4, 0.5) is 5.69 Å². The highest BCUT2D eigenvalue weighted by atomic mass is 16.5. The Labute approximate surface area is 124 Å². The van der Waals surface area contributed by atoms with Crippen LogP contribution in [0.15, 0.2) is 6.07 Å². The third-order valence-corrected chi connectivity index (χ3v) is 3.70. The van der Waals surface area contributed by atoms with Gasteiger partial charge in [-0.15, -0.1) is 0 Å². The normalized spacial score (nSPS) is 20.6. The number of nitrogen functional groups attached to an aromatic ring is 1. The topological polar surface area (TPSA) is 80.0 Å². The van der Waals surface area contributed by atoms with E-state index in [9.17, 15) is 4.79 Å². The van der Waals surface area contributed by atoms with E-state index in [1.807, 2.05) is 6.92 Å². The summed E-state index contributed by atoms with van der Waals surface area (Å²) in [5, 5.41) is 0. The monoisotopic (exact) mass is 295 g/mol. The lowest BCUT2D eigenvalue weighted by Crippen LogP contribution is -2.28. The maximum absolute atomic E-state index is 11.5. The zero-order chi connectivity index (χ0) is 15.6. The van der Waals surface area contributed by atoms with Crippen molar-refractivity contribution in [3.05, 3.63) is 17.2 Å². The predicted octanol–water partition coefficient (Wildman–Crippen LogP) is 1.85. The summed E-state index contributed by atoms with van der Waals surface area (Å²) >= 11 is 0. The molecule has 1 aliphatic heterocycles. The molecule has 2 rings (SSSR count). The van der Waals surface area contributed by atoms with Gasteiger partial charge in [-0.2, -0.15) is 0 Å². The first-order valence-electron chi connectivity index (χ1n) is 6.77. The fourth-order valence-electron chi connectivity index (χ4n) is 2.79. The molecule has 0 bridgehead atoms. The molecule has 0 saturated heterocycles. The fourth-order valence-corrected chi connectivity index (χ4v) is 2.79. The summed E-state index contributed by atoms with van der Waals surface area (Å²) in [7, 11) is 4.54. The molecular weight excluding hydrogens is 274 g/mol. The van der Waals surface area contributed by atoms with Crippen molar-refractivity contribution in [2.24, 2.45) is 0 Å². The Morgan fingerprint density at radius 2 is 2.10 bits per heavy atom. The molecule has 0 amide bonds. The van der Waals surface area contributed by atoms with Gasteiger partial charge >= 0.3 is 5.97 Å². The molecule has 1 heterocycles. The molecule has 0 saturated carbocycles. The third kappa shape index (κ3) is 2.90. The first-order chi connectivity index (χ1) is 10.0. The molecule has 21 heavy (non-hydrogen) atoms. The highest BCUT2D eigenvalue weighted by Gasteiger charge is 2.32. The van der Waals surface area contributed by atoms with Crippen molar-refractivity contribution in [1.82, 2.24) is 0 Å². The van der Waals surface area contributed by atoms with Crippen LogP contribution in [0, 0.1) is 0 Å². The fraction of sp³-hybridized carbons (Fsp3) is 0.533. The van der Waals surface area contributed by atoms with Crippen molar-refractivity contribution >= 4 is 11.7 Å². The zero-order valence-corrected chi connectivity index (χ0v) is 12.8. The van der Waals surface area contributed by atoms with Crippen LogP contribution in [-0.2, 0) is 20.7 Å². The van der Waals surface area contributed by atoms with Crippen LogP contribution in [0.5, 0.6) is 11.5 Å². The molecule has 1 aromatic carbocycles. The molecular formula is C15H21NO5. The Morgan fingerprint density at radius 1 is 1.38 bits per heavy atom. The molecule has 0 aliphatic carbocycles. The Kier molecular flexibility index (Phi) is 4.57. The number of benzene rings is 1. The summed E-state index contributed by atoms with van der Waals surface area (Å²) in [6.45, 7) is 1.91. The zero-order valence-electron chi connectivity index (χ0n) is 12.8. The molecule has 6 nitrogen and oxygen atoms in total. The van der Waals surface area contributed by atoms with Gasteiger partial charge in [0.25, 0.3) is 0 Å². The van der Waals surface area contributed by atoms with Crippen molar-refractivity contribution in [2.45, 2.75) is 32.0 Å². The highest BCUT2D eigenvalue weighted by molar-refractivity contribution is 5.70. The SMILES string of the molecule is COC(=O)C[C@@H]1Cc2c(OC)cc(N)c(OC)c2[C@H](C)O1. The number of methoxy groups -OCH3 is 3. The molecule has 6 heteroatoms. The number of nitrogens with two attached hydrogens (primary N) is 1. The molecule has 2 N–H and O–H groups in total. The summed E-state index contributed by atoms with van der Waals surface area (Å²) in [5.74, 6) is 1.00. The van der Waals surface area contributed by atoms with Crippen molar-refractivity contribution in [2.75, 3.05) is 27.1 Å². The van der Waals surface area contributed by atoms with Crippen LogP contribution in [0.25, 0.3) is 0 Å². The quantitative estimate of drug-likeness (QED) is 0.674. The Bertz CT molecular complexity index is 543. The van der Waals surface area contributed by atoms with Crippen molar-refractivity contribution in [3.63, 3.8) is 0 Å². The van der Waals surface area contributed by atoms with Crippen molar-refractivity contribution in [1.29, 1.82) is 0 Å². The van der Waals surface area contributed by atoms with Crippen LogP contribution in [0.3, 0.4) is 0 Å². The summed E-state index contributed by atoms with van der Waals surface area (Å²) in [6.07, 6.45) is 0.267. The second-order valence-electron chi connectivity index (χ2n) is 4.98. The first kappa shape index (κ1) is 15.4. The van der Waals surface area contributed by atoms with E-state index in [0.29, 0.717) is 23.6 Å². The third-order valence-electron chi connectivity index (χ3n) is 3.70. The van der Waals surface area contributed by atoms with Gasteiger partial charge in [0.2, 0.25) is 0 Å². The number of hydrogen-bond donors (Lipinski definition) is 1. The lowest BCUT2D eigenvalue weighted by molar-refractivity contribution is -0.145. The van der Waals surface area contributed by atoms with Crippen LogP contribution in [0.1, 0.15) is 30.6 Å². The second kappa shape index (κ2) is 6.22. The van der Waals surface area contributed by atoms with E-state index in [4.69, 9.17) is 24.7 Å². The first-order valence-corrected chi connectivity index (χ1v) is 6.77. The maximum atomic E-state index is 11.5. The van der Waals surface area contributed by atoms with E-state index in [2.05, 4.69) is 0 Å². The number of ether oxygens (including phenoxy) is 4. The van der Waals surface area contributed by atoms with E-state index < -0.39 is 0 Å². The Morgan fingerprint density at radius 3 is 2.67 bits per heavy atom. The van der Waals surface area contributed by atoms with Gasteiger partial charge in [-0.3, -0.25) is 4.79 Å². The maximum Gasteiger partial charge on any atom is 0.308 e. The van der Waals surface area contributed by atoms with Crippen LogP contribution < -0.4 is 15.2 Å². The van der Waals surface area contributed by atoms with Gasteiger partial charge in [0.1, 0.15) is 11.5 Å². The summed E-state index contributed by atoms with van der Waals surface area (Å²) < 4.78 is 21.4. The van der Waals surface area contributed by atoms with Gasteiger partial charge < -0.3 is 24.7 Å². The van der Waals surface area contributed by atoms with Gasteiger partial charge in [0.05, 0.1) is 45.6 Å².